The second kappa shape index (κ2) is 6.25. The number of halogens is 3. The molecule has 0 radical (unpaired) electrons. The molecule has 1 aromatic heterocycles. The molecule has 2 nitrogen and oxygen atoms in total. The Morgan fingerprint density at radius 2 is 1.88 bits per heavy atom. The minimum Gasteiger partial charge on any atom is -0.294 e. The number of hydrogen-bond donors (Lipinski definition) is 0. The average molecular weight is 233 g/mol. The number of nitrogens with zero attached hydrogens (tertiary/aromatic N) is 1. The number of pyridine rings is 1. The second-order valence-corrected chi connectivity index (χ2v) is 2.74. The first-order valence-electron chi connectivity index (χ1n) is 5.00. The van der Waals surface area contributed by atoms with Crippen LogP contribution in [0.25, 0.3) is 0 Å². The van der Waals surface area contributed by atoms with Gasteiger partial charge in [-0.3, -0.25) is 9.78 Å². The summed E-state index contributed by atoms with van der Waals surface area (Å²) in [5.41, 5.74) is -0.890. The SMILES string of the molecule is CC.CCC(=O)c1cncc(C(F)(F)F)c1. The number of rotatable bonds is 2. The molecule has 1 heterocycles. The van der Waals surface area contributed by atoms with Crippen LogP contribution in [-0.2, 0) is 6.18 Å². The van der Waals surface area contributed by atoms with Gasteiger partial charge in [0.2, 0.25) is 0 Å². The monoisotopic (exact) mass is 233 g/mol. The Morgan fingerprint density at radius 1 is 1.31 bits per heavy atom. The number of alkyl halides is 3. The van der Waals surface area contributed by atoms with Crippen molar-refractivity contribution in [2.75, 3.05) is 0 Å². The highest BCUT2D eigenvalue weighted by Gasteiger charge is 2.31. The molecule has 0 saturated heterocycles. The van der Waals surface area contributed by atoms with Gasteiger partial charge >= 0.3 is 6.18 Å². The van der Waals surface area contributed by atoms with Gasteiger partial charge in [-0.25, -0.2) is 0 Å². The highest BCUT2D eigenvalue weighted by atomic mass is 19.4. The summed E-state index contributed by atoms with van der Waals surface area (Å²) in [5, 5.41) is 0. The minimum atomic E-state index is -4.45. The zero-order valence-electron chi connectivity index (χ0n) is 9.43. The molecule has 1 aromatic rings. The zero-order chi connectivity index (χ0) is 12.8. The molecule has 0 aliphatic heterocycles. The first-order chi connectivity index (χ1) is 7.45. The normalized spacial score (nSPS) is 10.4. The van der Waals surface area contributed by atoms with E-state index >= 15 is 0 Å². The van der Waals surface area contributed by atoms with Gasteiger partial charge in [-0.1, -0.05) is 20.8 Å². The van der Waals surface area contributed by atoms with Crippen LogP contribution in [0.1, 0.15) is 43.1 Å². The van der Waals surface area contributed by atoms with Crippen molar-refractivity contribution >= 4 is 5.78 Å². The van der Waals surface area contributed by atoms with Crippen LogP contribution in [-0.4, -0.2) is 10.8 Å². The van der Waals surface area contributed by atoms with Crippen molar-refractivity contribution in [1.82, 2.24) is 4.98 Å². The minimum absolute atomic E-state index is 0.00215. The predicted octanol–water partition coefficient (Wildman–Crippen LogP) is 3.72. The van der Waals surface area contributed by atoms with Gasteiger partial charge in [-0.15, -0.1) is 0 Å². The van der Waals surface area contributed by atoms with Crippen molar-refractivity contribution in [3.63, 3.8) is 0 Å². The molecule has 0 saturated carbocycles. The first kappa shape index (κ1) is 14.6. The molecule has 90 valence electrons. The Kier molecular flexibility index (Phi) is 5.71. The fourth-order valence-electron chi connectivity index (χ4n) is 0.952. The third-order valence-corrected chi connectivity index (χ3v) is 1.71. The van der Waals surface area contributed by atoms with Gasteiger partial charge in [0.05, 0.1) is 5.56 Å². The Morgan fingerprint density at radius 3 is 2.31 bits per heavy atom. The molecule has 0 aliphatic carbocycles. The number of hydrogen-bond acceptors (Lipinski definition) is 2. The highest BCUT2D eigenvalue weighted by Crippen LogP contribution is 2.28. The molecule has 5 heteroatoms. The number of carbonyl (C=O) groups excluding carboxylic acids is 1. The molecule has 16 heavy (non-hydrogen) atoms. The molecule has 0 N–H and O–H groups in total. The van der Waals surface area contributed by atoms with Crippen molar-refractivity contribution in [3.8, 4) is 0 Å². The van der Waals surface area contributed by atoms with Crippen LogP contribution in [0.15, 0.2) is 18.5 Å². The molecule has 0 amide bonds. The standard InChI is InChI=1S/C9H8F3NO.C2H6/c1-2-8(14)6-3-7(5-13-4-6)9(10,11)12;1-2/h3-5H,2H2,1H3;1-2H3. The first-order valence-corrected chi connectivity index (χ1v) is 5.00. The predicted molar refractivity (Wildman–Crippen MR) is 55.2 cm³/mol. The van der Waals surface area contributed by atoms with Crippen molar-refractivity contribution in [1.29, 1.82) is 0 Å². The molecule has 0 bridgehead atoms. The van der Waals surface area contributed by atoms with Gasteiger partial charge < -0.3 is 0 Å². The Balaban J connectivity index is 0.00000106. The Labute approximate surface area is 92.5 Å². The van der Waals surface area contributed by atoms with Crippen LogP contribution in [0.3, 0.4) is 0 Å². The molecule has 0 unspecified atom stereocenters. The second-order valence-electron chi connectivity index (χ2n) is 2.74. The van der Waals surface area contributed by atoms with Crippen molar-refractivity contribution in [2.24, 2.45) is 0 Å². The van der Waals surface area contributed by atoms with Crippen LogP contribution in [0, 0.1) is 0 Å². The van der Waals surface area contributed by atoms with Crippen molar-refractivity contribution < 1.29 is 18.0 Å². The van der Waals surface area contributed by atoms with E-state index in [1.54, 1.807) is 6.92 Å². The Bertz CT molecular complexity index is 347. The Hall–Kier alpha value is -1.39. The average Bonchev–Trinajstić information content (AvgIpc) is 2.30. The van der Waals surface area contributed by atoms with Crippen LogP contribution < -0.4 is 0 Å². The van der Waals surface area contributed by atoms with E-state index in [1.807, 2.05) is 13.8 Å². The van der Waals surface area contributed by atoms with Crippen molar-refractivity contribution in [3.05, 3.63) is 29.6 Å². The lowest BCUT2D eigenvalue weighted by Crippen LogP contribution is -2.08. The van der Waals surface area contributed by atoms with Gasteiger partial charge in [0.25, 0.3) is 0 Å². The fraction of sp³-hybridized carbons (Fsp3) is 0.455. The van der Waals surface area contributed by atoms with Gasteiger partial charge in [0.1, 0.15) is 0 Å². The number of Topliss-reactive ketones (excluding diaryl/α,β-unsaturated/α-hetero) is 1. The lowest BCUT2D eigenvalue weighted by molar-refractivity contribution is -0.137. The molecule has 0 spiro atoms. The summed E-state index contributed by atoms with van der Waals surface area (Å²) in [4.78, 5) is 14.5. The maximum absolute atomic E-state index is 12.2. The third-order valence-electron chi connectivity index (χ3n) is 1.71. The maximum atomic E-state index is 12.2. The highest BCUT2D eigenvalue weighted by molar-refractivity contribution is 5.95. The summed E-state index contributed by atoms with van der Waals surface area (Å²) in [7, 11) is 0. The van der Waals surface area contributed by atoms with E-state index in [9.17, 15) is 18.0 Å². The summed E-state index contributed by atoms with van der Waals surface area (Å²) in [5.74, 6) is -0.344. The summed E-state index contributed by atoms with van der Waals surface area (Å²) in [6.45, 7) is 5.59. The summed E-state index contributed by atoms with van der Waals surface area (Å²) >= 11 is 0. The van der Waals surface area contributed by atoms with E-state index in [0.29, 0.717) is 6.20 Å². The lowest BCUT2D eigenvalue weighted by atomic mass is 10.1. The molecular weight excluding hydrogens is 219 g/mol. The summed E-state index contributed by atoms with van der Waals surface area (Å²) < 4.78 is 36.6. The van der Waals surface area contributed by atoms with E-state index < -0.39 is 11.7 Å². The molecule has 0 aromatic carbocycles. The van der Waals surface area contributed by atoms with Crippen LogP contribution in [0.4, 0.5) is 13.2 Å². The quantitative estimate of drug-likeness (QED) is 0.728. The van der Waals surface area contributed by atoms with Gasteiger partial charge in [-0.05, 0) is 6.07 Å². The van der Waals surface area contributed by atoms with Crippen LogP contribution in [0.5, 0.6) is 0 Å². The van der Waals surface area contributed by atoms with Gasteiger partial charge in [0, 0.05) is 24.4 Å². The summed E-state index contributed by atoms with van der Waals surface area (Å²) in [6, 6.07) is 0.818. The van der Waals surface area contributed by atoms with Gasteiger partial charge in [-0.2, -0.15) is 13.2 Å². The topological polar surface area (TPSA) is 30.0 Å². The van der Waals surface area contributed by atoms with E-state index in [4.69, 9.17) is 0 Å². The van der Waals surface area contributed by atoms with Crippen LogP contribution >= 0.6 is 0 Å². The largest absolute Gasteiger partial charge is 0.417 e. The fourth-order valence-corrected chi connectivity index (χ4v) is 0.952. The molecular formula is C11H14F3NO. The maximum Gasteiger partial charge on any atom is 0.417 e. The van der Waals surface area contributed by atoms with E-state index in [-0.39, 0.29) is 17.8 Å². The van der Waals surface area contributed by atoms with E-state index in [0.717, 1.165) is 12.3 Å². The zero-order valence-corrected chi connectivity index (χ0v) is 9.43. The van der Waals surface area contributed by atoms with Crippen LogP contribution in [0.2, 0.25) is 0 Å². The molecule has 0 aliphatic rings. The number of ketones is 1. The lowest BCUT2D eigenvalue weighted by Gasteiger charge is -2.06. The van der Waals surface area contributed by atoms with E-state index in [2.05, 4.69) is 4.98 Å². The van der Waals surface area contributed by atoms with E-state index in [1.165, 1.54) is 0 Å². The molecule has 0 fully saturated rings. The third kappa shape index (κ3) is 4.00. The summed E-state index contributed by atoms with van der Waals surface area (Å²) in [6.07, 6.45) is -2.44. The van der Waals surface area contributed by atoms with Crippen molar-refractivity contribution in [2.45, 2.75) is 33.4 Å². The molecule has 1 rings (SSSR count). The number of aromatic nitrogens is 1. The number of carbonyl (C=O) groups is 1. The van der Waals surface area contributed by atoms with Gasteiger partial charge in [0.15, 0.2) is 5.78 Å². The smallest absolute Gasteiger partial charge is 0.294 e. The molecule has 0 atom stereocenters.